The van der Waals surface area contributed by atoms with Crippen molar-refractivity contribution in [1.82, 2.24) is 10.2 Å². The Kier molecular flexibility index (Phi) is 12.0. The average molecular weight is 612 g/mol. The number of carbonyl (C=O) groups excluding carboxylic acids is 2. The number of aryl methyl sites for hydroxylation is 2. The van der Waals surface area contributed by atoms with Crippen molar-refractivity contribution in [1.29, 1.82) is 0 Å². The molecule has 3 aromatic rings. The summed E-state index contributed by atoms with van der Waals surface area (Å²) in [6.45, 7) is 8.18. The van der Waals surface area contributed by atoms with Gasteiger partial charge in [-0.05, 0) is 80.1 Å². The van der Waals surface area contributed by atoms with Crippen molar-refractivity contribution in [2.75, 3.05) is 17.1 Å². The molecule has 0 heterocycles. The first-order valence-corrected chi connectivity index (χ1v) is 16.5. The van der Waals surface area contributed by atoms with Crippen LogP contribution in [-0.2, 0) is 32.6 Å². The summed E-state index contributed by atoms with van der Waals surface area (Å²) in [7, 11) is -3.58. The highest BCUT2D eigenvalue weighted by atomic mass is 35.5. The van der Waals surface area contributed by atoms with E-state index in [0.717, 1.165) is 28.7 Å². The molecule has 0 saturated heterocycles. The number of anilines is 1. The fraction of sp³-hybridized carbons (Fsp3) is 0.394. The largest absolute Gasteiger partial charge is 0.352 e. The van der Waals surface area contributed by atoms with Gasteiger partial charge in [-0.3, -0.25) is 13.9 Å². The van der Waals surface area contributed by atoms with E-state index in [-0.39, 0.29) is 43.8 Å². The molecule has 0 aliphatic rings. The number of carbonyl (C=O) groups is 2. The molecule has 3 aromatic carbocycles. The van der Waals surface area contributed by atoms with Crippen LogP contribution in [-0.4, -0.2) is 50.0 Å². The molecular weight excluding hydrogens is 570 g/mol. The zero-order chi connectivity index (χ0) is 30.9. The minimum atomic E-state index is -3.58. The second-order valence-electron chi connectivity index (χ2n) is 10.9. The molecule has 0 bridgehead atoms. The Hall–Kier alpha value is -3.36. The highest BCUT2D eigenvalue weighted by Crippen LogP contribution is 2.23. The van der Waals surface area contributed by atoms with Gasteiger partial charge in [-0.15, -0.1) is 0 Å². The molecule has 42 heavy (non-hydrogen) atoms. The quantitative estimate of drug-likeness (QED) is 0.240. The van der Waals surface area contributed by atoms with Gasteiger partial charge >= 0.3 is 0 Å². The second kappa shape index (κ2) is 15.2. The lowest BCUT2D eigenvalue weighted by atomic mass is 10.0. The van der Waals surface area contributed by atoms with Crippen LogP contribution in [0.5, 0.6) is 0 Å². The van der Waals surface area contributed by atoms with Crippen molar-refractivity contribution in [3.05, 3.63) is 100 Å². The van der Waals surface area contributed by atoms with Gasteiger partial charge in [0.15, 0.2) is 0 Å². The van der Waals surface area contributed by atoms with Crippen LogP contribution in [0.1, 0.15) is 55.4 Å². The first-order chi connectivity index (χ1) is 19.9. The van der Waals surface area contributed by atoms with Crippen molar-refractivity contribution in [2.45, 2.75) is 72.0 Å². The molecule has 0 aliphatic carbocycles. The molecule has 0 unspecified atom stereocenters. The second-order valence-corrected chi connectivity index (χ2v) is 13.2. The summed E-state index contributed by atoms with van der Waals surface area (Å²) in [5, 5.41) is 3.60. The van der Waals surface area contributed by atoms with E-state index in [1.807, 2.05) is 82.3 Å². The predicted molar refractivity (Wildman–Crippen MR) is 171 cm³/mol. The highest BCUT2D eigenvalue weighted by molar-refractivity contribution is 7.92. The van der Waals surface area contributed by atoms with Gasteiger partial charge in [0.2, 0.25) is 21.8 Å². The minimum Gasteiger partial charge on any atom is -0.352 e. The van der Waals surface area contributed by atoms with E-state index in [1.165, 1.54) is 10.6 Å². The van der Waals surface area contributed by atoms with Gasteiger partial charge in [-0.2, -0.15) is 0 Å². The standard InChI is InChI=1S/C33H42ClN3O4S/c1-6-26(4)35-33(39)31(22-27-12-8-7-9-13-27)36(23-28-14-10-15-29(34)21-28)32(38)16-11-19-37(42(5,40)41)30-18-17-24(2)25(3)20-30/h7-10,12-15,17-18,20-21,26,31H,6,11,16,19,22-23H2,1-5H3,(H,35,39)/t26-,31+/m1/s1. The lowest BCUT2D eigenvalue weighted by Gasteiger charge is -2.33. The smallest absolute Gasteiger partial charge is 0.243 e. The molecule has 0 radical (unpaired) electrons. The SMILES string of the molecule is CC[C@@H](C)NC(=O)[C@H](Cc1ccccc1)N(Cc1cccc(Cl)c1)C(=O)CCCN(c1ccc(C)c(C)c1)S(C)(=O)=O. The van der Waals surface area contributed by atoms with E-state index >= 15 is 0 Å². The number of sulfonamides is 1. The summed E-state index contributed by atoms with van der Waals surface area (Å²) in [5.41, 5.74) is 4.36. The Morgan fingerprint density at radius 2 is 1.62 bits per heavy atom. The molecule has 0 spiro atoms. The molecule has 0 saturated carbocycles. The zero-order valence-corrected chi connectivity index (χ0v) is 26.7. The van der Waals surface area contributed by atoms with Crippen LogP contribution in [0.25, 0.3) is 0 Å². The lowest BCUT2D eigenvalue weighted by Crippen LogP contribution is -2.52. The van der Waals surface area contributed by atoms with Crippen molar-refractivity contribution < 1.29 is 18.0 Å². The van der Waals surface area contributed by atoms with E-state index in [0.29, 0.717) is 17.1 Å². The molecule has 2 amide bonds. The van der Waals surface area contributed by atoms with Crippen molar-refractivity contribution >= 4 is 39.1 Å². The summed E-state index contributed by atoms with van der Waals surface area (Å²) >= 11 is 6.26. The topological polar surface area (TPSA) is 86.8 Å². The van der Waals surface area contributed by atoms with Crippen LogP contribution < -0.4 is 9.62 Å². The number of nitrogens with zero attached hydrogens (tertiary/aromatic N) is 2. The van der Waals surface area contributed by atoms with E-state index in [2.05, 4.69) is 5.32 Å². The monoisotopic (exact) mass is 611 g/mol. The van der Waals surface area contributed by atoms with Crippen LogP contribution in [0.2, 0.25) is 5.02 Å². The maximum atomic E-state index is 13.9. The maximum Gasteiger partial charge on any atom is 0.243 e. The Labute approximate surface area is 255 Å². The summed E-state index contributed by atoms with van der Waals surface area (Å²) in [6, 6.07) is 21.6. The molecule has 226 valence electrons. The Morgan fingerprint density at radius 1 is 0.929 bits per heavy atom. The van der Waals surface area contributed by atoms with Crippen LogP contribution in [0.3, 0.4) is 0 Å². The molecule has 1 N–H and O–H groups in total. The van der Waals surface area contributed by atoms with Crippen LogP contribution in [0, 0.1) is 13.8 Å². The minimum absolute atomic E-state index is 0.0554. The van der Waals surface area contributed by atoms with Gasteiger partial charge in [0, 0.05) is 37.0 Å². The molecule has 7 nitrogen and oxygen atoms in total. The summed E-state index contributed by atoms with van der Waals surface area (Å²) < 4.78 is 26.8. The highest BCUT2D eigenvalue weighted by Gasteiger charge is 2.31. The molecule has 9 heteroatoms. The third-order valence-electron chi connectivity index (χ3n) is 7.44. The van der Waals surface area contributed by atoms with Crippen LogP contribution >= 0.6 is 11.6 Å². The molecular formula is C33H42ClN3O4S. The fourth-order valence-corrected chi connectivity index (χ4v) is 5.88. The van der Waals surface area contributed by atoms with E-state index in [9.17, 15) is 18.0 Å². The normalized spacial score (nSPS) is 12.8. The molecule has 0 aromatic heterocycles. The van der Waals surface area contributed by atoms with Gasteiger partial charge in [0.1, 0.15) is 6.04 Å². The number of benzene rings is 3. The average Bonchev–Trinajstić information content (AvgIpc) is 2.94. The Balaban J connectivity index is 1.90. The van der Waals surface area contributed by atoms with Gasteiger partial charge in [-0.1, -0.05) is 67.1 Å². The number of amides is 2. The summed E-state index contributed by atoms with van der Waals surface area (Å²) in [5.74, 6) is -0.458. The predicted octanol–water partition coefficient (Wildman–Crippen LogP) is 6.06. The third-order valence-corrected chi connectivity index (χ3v) is 8.87. The van der Waals surface area contributed by atoms with E-state index < -0.39 is 16.1 Å². The van der Waals surface area contributed by atoms with Gasteiger partial charge in [0.25, 0.3) is 0 Å². The van der Waals surface area contributed by atoms with Gasteiger partial charge in [-0.25, -0.2) is 8.42 Å². The maximum absolute atomic E-state index is 13.9. The van der Waals surface area contributed by atoms with Crippen molar-refractivity contribution in [2.24, 2.45) is 0 Å². The molecule has 2 atom stereocenters. The molecule has 0 fully saturated rings. The van der Waals surface area contributed by atoms with Crippen molar-refractivity contribution in [3.63, 3.8) is 0 Å². The number of halogens is 1. The Bertz CT molecular complexity index is 1460. The van der Waals surface area contributed by atoms with E-state index in [4.69, 9.17) is 11.6 Å². The molecule has 3 rings (SSSR count). The number of hydrogen-bond donors (Lipinski definition) is 1. The third kappa shape index (κ3) is 9.60. The van der Waals surface area contributed by atoms with Gasteiger partial charge < -0.3 is 10.2 Å². The number of nitrogens with one attached hydrogen (secondary N) is 1. The first kappa shape index (κ1) is 33.1. The summed E-state index contributed by atoms with van der Waals surface area (Å²) in [6.07, 6.45) is 2.62. The zero-order valence-electron chi connectivity index (χ0n) is 25.1. The van der Waals surface area contributed by atoms with Crippen LogP contribution in [0.4, 0.5) is 5.69 Å². The van der Waals surface area contributed by atoms with Crippen LogP contribution in [0.15, 0.2) is 72.8 Å². The lowest BCUT2D eigenvalue weighted by molar-refractivity contribution is -0.141. The number of hydrogen-bond acceptors (Lipinski definition) is 4. The molecule has 0 aliphatic heterocycles. The van der Waals surface area contributed by atoms with Gasteiger partial charge in [0.05, 0.1) is 11.9 Å². The summed E-state index contributed by atoms with van der Waals surface area (Å²) in [4.78, 5) is 29.2. The fourth-order valence-electron chi connectivity index (χ4n) is 4.71. The van der Waals surface area contributed by atoms with E-state index in [1.54, 1.807) is 23.1 Å². The number of rotatable bonds is 14. The first-order valence-electron chi connectivity index (χ1n) is 14.3. The Morgan fingerprint density at radius 3 is 2.24 bits per heavy atom. The van der Waals surface area contributed by atoms with Crippen molar-refractivity contribution in [3.8, 4) is 0 Å².